The lowest BCUT2D eigenvalue weighted by atomic mass is 9.88. The molecular formula is C20H14F12O3. The third-order valence-corrected chi connectivity index (χ3v) is 5.06. The van der Waals surface area contributed by atoms with Crippen molar-refractivity contribution < 1.29 is 67.6 Å². The van der Waals surface area contributed by atoms with Crippen molar-refractivity contribution in [2.45, 2.75) is 49.8 Å². The lowest BCUT2D eigenvalue weighted by molar-refractivity contribution is -0.377. The third-order valence-electron chi connectivity index (χ3n) is 5.06. The van der Waals surface area contributed by atoms with Gasteiger partial charge >= 0.3 is 24.7 Å². The van der Waals surface area contributed by atoms with Gasteiger partial charge in [-0.15, -0.1) is 0 Å². The Hall–Kier alpha value is -2.68. The van der Waals surface area contributed by atoms with Crippen LogP contribution in [-0.2, 0) is 11.2 Å². The van der Waals surface area contributed by atoms with E-state index < -0.39 is 69.7 Å². The second-order valence-electron chi connectivity index (χ2n) is 7.47. The lowest BCUT2D eigenvalue weighted by Gasteiger charge is -2.34. The minimum absolute atomic E-state index is 0.182. The van der Waals surface area contributed by atoms with Crippen molar-refractivity contribution >= 4 is 0 Å². The fourth-order valence-corrected chi connectivity index (χ4v) is 3.23. The van der Waals surface area contributed by atoms with Gasteiger partial charge in [0.25, 0.3) is 11.2 Å². The van der Waals surface area contributed by atoms with Crippen LogP contribution in [0.15, 0.2) is 36.4 Å². The van der Waals surface area contributed by atoms with Gasteiger partial charge in [-0.05, 0) is 49.2 Å². The molecule has 2 rings (SSSR count). The fraction of sp³-hybridized carbons (Fsp3) is 0.400. The van der Waals surface area contributed by atoms with Crippen LogP contribution in [0, 0.1) is 13.8 Å². The van der Waals surface area contributed by atoms with Gasteiger partial charge in [-0.2, -0.15) is 52.7 Å². The number of aliphatic hydroxyl groups is 2. The van der Waals surface area contributed by atoms with Crippen molar-refractivity contribution in [3.05, 3.63) is 58.7 Å². The van der Waals surface area contributed by atoms with Crippen molar-refractivity contribution in [2.75, 3.05) is 0 Å². The molecule has 3 nitrogen and oxygen atoms in total. The number of ether oxygens (including phenoxy) is 1. The normalized spacial score (nSPS) is 14.3. The predicted octanol–water partition coefficient (Wildman–Crippen LogP) is 6.72. The first-order chi connectivity index (χ1) is 15.5. The summed E-state index contributed by atoms with van der Waals surface area (Å²) in [6.45, 7) is 1.56. The molecule has 0 fully saturated rings. The summed E-state index contributed by atoms with van der Waals surface area (Å²) < 4.78 is 163. The molecule has 0 aromatic heterocycles. The summed E-state index contributed by atoms with van der Waals surface area (Å²) in [4.78, 5) is 0. The maximum Gasteiger partial charge on any atom is 0.430 e. The van der Waals surface area contributed by atoms with Crippen molar-refractivity contribution in [1.82, 2.24) is 0 Å². The van der Waals surface area contributed by atoms with Crippen LogP contribution in [0.1, 0.15) is 22.3 Å². The third kappa shape index (κ3) is 4.75. The quantitative estimate of drug-likeness (QED) is 0.432. The van der Waals surface area contributed by atoms with Crippen LogP contribution in [0.4, 0.5) is 52.7 Å². The number of benzene rings is 2. The highest BCUT2D eigenvalue weighted by atomic mass is 19.4. The SMILES string of the molecule is Cc1cc(Oc2ccc(C)c(C(O)(C(F)(F)F)C(F)(F)F)c2)ccc1C(O)(C(F)(F)F)C(F)(F)F. The largest absolute Gasteiger partial charge is 0.457 e. The Morgan fingerprint density at radius 3 is 1.29 bits per heavy atom. The molecule has 2 N–H and O–H groups in total. The van der Waals surface area contributed by atoms with E-state index in [0.29, 0.717) is 12.1 Å². The molecule has 0 spiro atoms. The smallest absolute Gasteiger partial charge is 0.430 e. The van der Waals surface area contributed by atoms with Gasteiger partial charge in [0.1, 0.15) is 11.5 Å². The Morgan fingerprint density at radius 1 is 0.514 bits per heavy atom. The zero-order valence-electron chi connectivity index (χ0n) is 17.3. The van der Waals surface area contributed by atoms with Gasteiger partial charge in [0.05, 0.1) is 0 Å². The molecule has 0 aliphatic carbocycles. The molecule has 2 aromatic carbocycles. The summed E-state index contributed by atoms with van der Waals surface area (Å²) in [5.74, 6) is -1.35. The van der Waals surface area contributed by atoms with Gasteiger partial charge in [0, 0.05) is 11.1 Å². The van der Waals surface area contributed by atoms with Crippen molar-refractivity contribution in [2.24, 2.45) is 0 Å². The van der Waals surface area contributed by atoms with Gasteiger partial charge in [-0.1, -0.05) is 12.1 Å². The second kappa shape index (κ2) is 8.47. The van der Waals surface area contributed by atoms with E-state index in [2.05, 4.69) is 0 Å². The predicted molar refractivity (Wildman–Crippen MR) is 94.4 cm³/mol. The molecule has 0 amide bonds. The van der Waals surface area contributed by atoms with Crippen LogP contribution in [0.25, 0.3) is 0 Å². The van der Waals surface area contributed by atoms with Gasteiger partial charge in [0.2, 0.25) is 0 Å². The summed E-state index contributed by atoms with van der Waals surface area (Å²) in [6, 6.07) is 3.00. The van der Waals surface area contributed by atoms with Crippen LogP contribution >= 0.6 is 0 Å². The Bertz CT molecular complexity index is 1050. The number of hydrogen-bond donors (Lipinski definition) is 2. The van der Waals surface area contributed by atoms with Crippen LogP contribution in [0.3, 0.4) is 0 Å². The molecule has 0 atom stereocenters. The molecule has 0 radical (unpaired) electrons. The summed E-state index contributed by atoms with van der Waals surface area (Å²) in [6.07, 6.45) is -24.8. The average molecular weight is 530 g/mol. The van der Waals surface area contributed by atoms with Crippen molar-refractivity contribution in [3.63, 3.8) is 0 Å². The molecule has 0 bridgehead atoms. The second-order valence-corrected chi connectivity index (χ2v) is 7.47. The minimum atomic E-state index is -6.22. The average Bonchev–Trinajstić information content (AvgIpc) is 2.65. The Balaban J connectivity index is 2.57. The van der Waals surface area contributed by atoms with Crippen LogP contribution in [0.2, 0.25) is 0 Å². The van der Waals surface area contributed by atoms with Crippen LogP contribution in [-0.4, -0.2) is 34.9 Å². The summed E-state index contributed by atoms with van der Waals surface area (Å²) in [5, 5.41) is 19.1. The van der Waals surface area contributed by atoms with Gasteiger partial charge in [-0.25, -0.2) is 0 Å². The first-order valence-corrected chi connectivity index (χ1v) is 9.10. The van der Waals surface area contributed by atoms with Gasteiger partial charge < -0.3 is 14.9 Å². The summed E-state index contributed by atoms with van der Waals surface area (Å²) in [7, 11) is 0. The number of rotatable bonds is 4. The molecule has 196 valence electrons. The van der Waals surface area contributed by atoms with E-state index in [0.717, 1.165) is 26.0 Å². The highest BCUT2D eigenvalue weighted by molar-refractivity contribution is 5.45. The molecule has 35 heavy (non-hydrogen) atoms. The van der Waals surface area contributed by atoms with Crippen molar-refractivity contribution in [3.8, 4) is 11.5 Å². The van der Waals surface area contributed by atoms with E-state index in [9.17, 15) is 62.9 Å². The lowest BCUT2D eigenvalue weighted by Crippen LogP contribution is -2.54. The van der Waals surface area contributed by atoms with Crippen LogP contribution < -0.4 is 4.74 Å². The van der Waals surface area contributed by atoms with E-state index in [4.69, 9.17) is 4.74 Å². The molecule has 0 aliphatic rings. The topological polar surface area (TPSA) is 49.7 Å². The number of aryl methyl sites for hydroxylation is 2. The number of hydrogen-bond acceptors (Lipinski definition) is 3. The highest BCUT2D eigenvalue weighted by Gasteiger charge is 2.72. The number of halogens is 12. The number of alkyl halides is 12. The minimum Gasteiger partial charge on any atom is -0.457 e. The first kappa shape index (κ1) is 28.6. The highest BCUT2D eigenvalue weighted by Crippen LogP contribution is 2.53. The molecule has 0 unspecified atom stereocenters. The molecule has 0 saturated heterocycles. The molecule has 0 aliphatic heterocycles. The molecule has 2 aromatic rings. The molecule has 0 heterocycles. The Labute approximate surface area is 188 Å². The Morgan fingerprint density at radius 2 is 0.886 bits per heavy atom. The molecule has 15 heteroatoms. The van der Waals surface area contributed by atoms with Crippen molar-refractivity contribution in [1.29, 1.82) is 0 Å². The summed E-state index contributed by atoms with van der Waals surface area (Å²) in [5.41, 5.74) is -15.3. The zero-order chi connectivity index (χ0) is 27.4. The summed E-state index contributed by atoms with van der Waals surface area (Å²) >= 11 is 0. The fourth-order valence-electron chi connectivity index (χ4n) is 3.23. The maximum atomic E-state index is 13.2. The zero-order valence-corrected chi connectivity index (χ0v) is 17.3. The maximum absolute atomic E-state index is 13.2. The van der Waals surface area contributed by atoms with E-state index >= 15 is 0 Å². The standard InChI is InChI=1S/C20H14F12O3/c1-9-3-4-12(8-14(9)16(34,19(27,28)29)20(30,31)32)35-11-5-6-13(10(2)7-11)15(33,17(21,22)23)18(24,25)26/h3-8,33-34H,1-2H3. The van der Waals surface area contributed by atoms with E-state index in [1.165, 1.54) is 0 Å². The van der Waals surface area contributed by atoms with Crippen LogP contribution in [0.5, 0.6) is 11.5 Å². The van der Waals surface area contributed by atoms with Gasteiger partial charge in [-0.3, -0.25) is 0 Å². The monoisotopic (exact) mass is 530 g/mol. The molecule has 0 saturated carbocycles. The van der Waals surface area contributed by atoms with E-state index in [1.807, 2.05) is 0 Å². The van der Waals surface area contributed by atoms with E-state index in [1.54, 1.807) is 0 Å². The van der Waals surface area contributed by atoms with Gasteiger partial charge in [0.15, 0.2) is 0 Å². The molecular weight excluding hydrogens is 516 g/mol. The first-order valence-electron chi connectivity index (χ1n) is 9.10. The Kier molecular flexibility index (Phi) is 6.91. The van der Waals surface area contributed by atoms with E-state index in [-0.39, 0.29) is 12.1 Å².